The van der Waals surface area contributed by atoms with Gasteiger partial charge < -0.3 is 29.2 Å². The van der Waals surface area contributed by atoms with Crippen LogP contribution in [0.3, 0.4) is 0 Å². The van der Waals surface area contributed by atoms with Crippen molar-refractivity contribution in [2.45, 2.75) is 42.8 Å². The number of morpholine rings is 1. The van der Waals surface area contributed by atoms with E-state index < -0.39 is 22.0 Å². The number of hydrogen-bond donors (Lipinski definition) is 1. The van der Waals surface area contributed by atoms with Crippen molar-refractivity contribution in [3.8, 4) is 11.5 Å². The number of benzene rings is 3. The minimum Gasteiger partial charge on any atom is -0.497 e. The molecule has 246 valence electrons. The Morgan fingerprint density at radius 1 is 0.935 bits per heavy atom. The lowest BCUT2D eigenvalue weighted by atomic mass is 10.0. The van der Waals surface area contributed by atoms with E-state index in [9.17, 15) is 18.0 Å². The van der Waals surface area contributed by atoms with Crippen LogP contribution in [0.25, 0.3) is 0 Å². The van der Waals surface area contributed by atoms with Crippen molar-refractivity contribution in [2.24, 2.45) is 0 Å². The van der Waals surface area contributed by atoms with E-state index in [2.05, 4.69) is 5.32 Å². The summed E-state index contributed by atoms with van der Waals surface area (Å²) in [4.78, 5) is 29.4. The van der Waals surface area contributed by atoms with Gasteiger partial charge in [-0.15, -0.1) is 0 Å². The summed E-state index contributed by atoms with van der Waals surface area (Å²) in [7, 11) is -2.08. The molecule has 2 unspecified atom stereocenters. The second-order valence-corrected chi connectivity index (χ2v) is 13.2. The number of carbonyl (C=O) groups is 2. The second-order valence-electron chi connectivity index (χ2n) is 11.2. The Bertz CT molecular complexity index is 1520. The van der Waals surface area contributed by atoms with Crippen molar-refractivity contribution < 1.29 is 37.0 Å². The van der Waals surface area contributed by atoms with E-state index in [1.54, 1.807) is 7.11 Å². The van der Waals surface area contributed by atoms with E-state index in [1.807, 2.05) is 54.6 Å². The number of ether oxygens (including phenoxy) is 4. The average Bonchev–Trinajstić information content (AvgIpc) is 3.63. The molecule has 2 amide bonds. The minimum absolute atomic E-state index is 0.0505. The number of carbonyl (C=O) groups excluding carboxylic acids is 2. The highest BCUT2D eigenvalue weighted by molar-refractivity contribution is 7.89. The van der Waals surface area contributed by atoms with Crippen LogP contribution in [-0.4, -0.2) is 94.8 Å². The molecule has 2 saturated heterocycles. The van der Waals surface area contributed by atoms with E-state index in [0.717, 1.165) is 24.0 Å². The zero-order valence-corrected chi connectivity index (χ0v) is 26.8. The molecular weight excluding hydrogens is 610 g/mol. The first-order chi connectivity index (χ1) is 22.3. The largest absolute Gasteiger partial charge is 0.497 e. The van der Waals surface area contributed by atoms with Crippen molar-refractivity contribution in [3.05, 3.63) is 90.0 Å². The van der Waals surface area contributed by atoms with Crippen molar-refractivity contribution in [1.82, 2.24) is 14.5 Å². The Kier molecular flexibility index (Phi) is 11.6. The zero-order valence-electron chi connectivity index (χ0n) is 26.0. The first-order valence-electron chi connectivity index (χ1n) is 15.5. The third-order valence-corrected chi connectivity index (χ3v) is 10.0. The third kappa shape index (κ3) is 8.85. The summed E-state index contributed by atoms with van der Waals surface area (Å²) in [6, 6.07) is 22.1. The lowest BCUT2D eigenvalue weighted by Gasteiger charge is -2.32. The summed E-state index contributed by atoms with van der Waals surface area (Å²) in [6.45, 7) is 2.15. The molecule has 2 aliphatic heterocycles. The number of hydrogen-bond acceptors (Lipinski definition) is 8. The standard InChI is InChI=1S/C34H41N3O8S/c1-42-28-11-9-27(10-12-28)24-37(32(22-26-6-3-2-4-7-26)34(39)35-23-30-8-5-19-44-30)33(38)25-45-29-13-15-31(16-14-29)46(40,41)36-17-20-43-21-18-36/h2-4,6-7,9-16,30,32H,5,8,17-25H2,1H3,(H,35,39). The quantitative estimate of drug-likeness (QED) is 0.282. The van der Waals surface area contributed by atoms with Gasteiger partial charge in [0.05, 0.1) is 31.3 Å². The van der Waals surface area contributed by atoms with Gasteiger partial charge in [0.2, 0.25) is 15.9 Å². The van der Waals surface area contributed by atoms with Crippen LogP contribution in [0.4, 0.5) is 0 Å². The number of sulfonamides is 1. The van der Waals surface area contributed by atoms with Crippen LogP contribution in [0.2, 0.25) is 0 Å². The fourth-order valence-corrected chi connectivity index (χ4v) is 6.90. The van der Waals surface area contributed by atoms with E-state index in [4.69, 9.17) is 18.9 Å². The lowest BCUT2D eigenvalue weighted by molar-refractivity contribution is -0.143. The Morgan fingerprint density at radius 3 is 2.28 bits per heavy atom. The molecule has 2 heterocycles. The van der Waals surface area contributed by atoms with Crippen molar-refractivity contribution in [2.75, 3.05) is 53.2 Å². The number of amides is 2. The summed E-state index contributed by atoms with van der Waals surface area (Å²) in [5, 5.41) is 3.02. The van der Waals surface area contributed by atoms with Crippen LogP contribution >= 0.6 is 0 Å². The van der Waals surface area contributed by atoms with Crippen LogP contribution in [0.1, 0.15) is 24.0 Å². The van der Waals surface area contributed by atoms with Gasteiger partial charge in [-0.3, -0.25) is 9.59 Å². The van der Waals surface area contributed by atoms with Crippen LogP contribution in [-0.2, 0) is 42.1 Å². The fourth-order valence-electron chi connectivity index (χ4n) is 5.49. The molecule has 0 aromatic heterocycles. The average molecular weight is 652 g/mol. The molecule has 2 aliphatic rings. The maximum Gasteiger partial charge on any atom is 0.261 e. The van der Waals surface area contributed by atoms with Crippen molar-refractivity contribution >= 4 is 21.8 Å². The minimum atomic E-state index is -3.67. The summed E-state index contributed by atoms with van der Waals surface area (Å²) >= 11 is 0. The molecule has 3 aromatic rings. The Hall–Kier alpha value is -3.97. The molecule has 2 atom stereocenters. The maximum atomic E-state index is 13.9. The van der Waals surface area contributed by atoms with Crippen molar-refractivity contribution in [3.63, 3.8) is 0 Å². The molecule has 12 heteroatoms. The van der Waals surface area contributed by atoms with Crippen LogP contribution in [0.5, 0.6) is 11.5 Å². The number of nitrogens with one attached hydrogen (secondary N) is 1. The summed E-state index contributed by atoms with van der Waals surface area (Å²) in [6.07, 6.45) is 2.07. The fraction of sp³-hybridized carbons (Fsp3) is 0.412. The Morgan fingerprint density at radius 2 is 1.63 bits per heavy atom. The zero-order chi connectivity index (χ0) is 32.4. The predicted molar refractivity (Wildman–Crippen MR) is 171 cm³/mol. The summed E-state index contributed by atoms with van der Waals surface area (Å²) in [5.74, 6) is 0.341. The van der Waals surface area contributed by atoms with Crippen LogP contribution in [0, 0.1) is 0 Å². The second kappa shape index (κ2) is 16.0. The smallest absolute Gasteiger partial charge is 0.261 e. The topological polar surface area (TPSA) is 124 Å². The maximum absolute atomic E-state index is 13.9. The Labute approximate surface area is 270 Å². The predicted octanol–water partition coefficient (Wildman–Crippen LogP) is 3.03. The molecule has 0 aliphatic carbocycles. The normalized spacial score (nSPS) is 17.6. The highest BCUT2D eigenvalue weighted by Crippen LogP contribution is 2.22. The molecule has 0 radical (unpaired) electrons. The Balaban J connectivity index is 1.34. The van der Waals surface area contributed by atoms with Crippen LogP contribution < -0.4 is 14.8 Å². The molecule has 5 rings (SSSR count). The van der Waals surface area contributed by atoms with Gasteiger partial charge in [0.15, 0.2) is 6.61 Å². The molecular formula is C34H41N3O8S. The molecule has 11 nitrogen and oxygen atoms in total. The first-order valence-corrected chi connectivity index (χ1v) is 16.9. The molecule has 0 bridgehead atoms. The highest BCUT2D eigenvalue weighted by atomic mass is 32.2. The van der Waals surface area contributed by atoms with Gasteiger partial charge in [-0.1, -0.05) is 42.5 Å². The van der Waals surface area contributed by atoms with E-state index in [-0.39, 0.29) is 30.1 Å². The van der Waals surface area contributed by atoms with E-state index in [1.165, 1.54) is 33.5 Å². The van der Waals surface area contributed by atoms with E-state index in [0.29, 0.717) is 57.4 Å². The molecule has 0 spiro atoms. The molecule has 46 heavy (non-hydrogen) atoms. The van der Waals surface area contributed by atoms with Crippen molar-refractivity contribution in [1.29, 1.82) is 0 Å². The van der Waals surface area contributed by atoms with Crippen LogP contribution in [0.15, 0.2) is 83.8 Å². The summed E-state index contributed by atoms with van der Waals surface area (Å²) in [5.41, 5.74) is 1.72. The molecule has 0 saturated carbocycles. The van der Waals surface area contributed by atoms with Gasteiger partial charge in [0.1, 0.15) is 17.5 Å². The SMILES string of the molecule is COc1ccc(CN(C(=O)COc2ccc(S(=O)(=O)N3CCOCC3)cc2)C(Cc2ccccc2)C(=O)NCC2CCCO2)cc1. The van der Waals surface area contributed by atoms with Gasteiger partial charge in [0.25, 0.3) is 5.91 Å². The lowest BCUT2D eigenvalue weighted by Crippen LogP contribution is -2.52. The van der Waals surface area contributed by atoms with Gasteiger partial charge in [-0.25, -0.2) is 8.42 Å². The third-order valence-electron chi connectivity index (χ3n) is 8.10. The molecule has 3 aromatic carbocycles. The monoisotopic (exact) mass is 651 g/mol. The first kappa shape index (κ1) is 33.4. The number of rotatable bonds is 14. The number of nitrogens with zero attached hydrogens (tertiary/aromatic N) is 2. The van der Waals surface area contributed by atoms with Gasteiger partial charge in [0, 0.05) is 39.2 Å². The summed E-state index contributed by atoms with van der Waals surface area (Å²) < 4.78 is 49.6. The number of methoxy groups -OCH3 is 1. The van der Waals surface area contributed by atoms with E-state index >= 15 is 0 Å². The van der Waals surface area contributed by atoms with Gasteiger partial charge in [-0.2, -0.15) is 4.31 Å². The molecule has 1 N–H and O–H groups in total. The molecule has 2 fully saturated rings. The van der Waals surface area contributed by atoms with Gasteiger partial charge >= 0.3 is 0 Å². The highest BCUT2D eigenvalue weighted by Gasteiger charge is 2.32. The van der Waals surface area contributed by atoms with Gasteiger partial charge in [-0.05, 0) is 60.4 Å².